The number of hydrogen-bond acceptors (Lipinski definition) is 6. The molecule has 0 unspecified atom stereocenters. The SMILES string of the molecule is COc1cccc(CNC(=O)CSc2nccnc2Sc2ccccc2C)c1. The molecular weight excluding hydrogens is 390 g/mol. The van der Waals surface area contributed by atoms with E-state index in [2.05, 4.69) is 34.3 Å². The van der Waals surface area contributed by atoms with Gasteiger partial charge in [0.05, 0.1) is 12.9 Å². The monoisotopic (exact) mass is 411 g/mol. The molecule has 1 amide bonds. The maximum Gasteiger partial charge on any atom is 0.230 e. The highest BCUT2D eigenvalue weighted by Gasteiger charge is 2.11. The van der Waals surface area contributed by atoms with Crippen molar-refractivity contribution in [3.05, 3.63) is 72.1 Å². The van der Waals surface area contributed by atoms with Gasteiger partial charge in [0.25, 0.3) is 0 Å². The Morgan fingerprint density at radius 3 is 2.64 bits per heavy atom. The van der Waals surface area contributed by atoms with E-state index in [-0.39, 0.29) is 11.7 Å². The number of carbonyl (C=O) groups excluding carboxylic acids is 1. The molecule has 0 radical (unpaired) electrons. The Kier molecular flexibility index (Phi) is 7.33. The quantitative estimate of drug-likeness (QED) is 0.556. The highest BCUT2D eigenvalue weighted by Crippen LogP contribution is 2.33. The molecule has 1 heterocycles. The first-order valence-corrected chi connectivity index (χ1v) is 10.5. The van der Waals surface area contributed by atoms with Crippen LogP contribution in [0.5, 0.6) is 5.75 Å². The lowest BCUT2D eigenvalue weighted by Gasteiger charge is -2.09. The zero-order valence-electron chi connectivity index (χ0n) is 15.7. The smallest absolute Gasteiger partial charge is 0.230 e. The summed E-state index contributed by atoms with van der Waals surface area (Å²) in [6, 6.07) is 15.8. The van der Waals surface area contributed by atoms with E-state index < -0.39 is 0 Å². The predicted molar refractivity (Wildman–Crippen MR) is 113 cm³/mol. The van der Waals surface area contributed by atoms with Crippen molar-refractivity contribution >= 4 is 29.4 Å². The minimum atomic E-state index is -0.0506. The van der Waals surface area contributed by atoms with Crippen molar-refractivity contribution in [2.24, 2.45) is 0 Å². The number of aromatic nitrogens is 2. The molecule has 144 valence electrons. The normalized spacial score (nSPS) is 10.5. The van der Waals surface area contributed by atoms with Crippen LogP contribution in [0.2, 0.25) is 0 Å². The number of nitrogens with one attached hydrogen (secondary N) is 1. The standard InChI is InChI=1S/C21H21N3O2S2/c1-15-6-3-4-9-18(15)28-21-20(22-10-11-23-21)27-14-19(25)24-13-16-7-5-8-17(12-16)26-2/h3-12H,13-14H2,1-2H3,(H,24,25). The molecule has 0 atom stereocenters. The maximum atomic E-state index is 12.2. The summed E-state index contributed by atoms with van der Waals surface area (Å²) in [5.74, 6) is 1.01. The molecule has 7 heteroatoms. The van der Waals surface area contributed by atoms with Crippen molar-refractivity contribution in [3.63, 3.8) is 0 Å². The summed E-state index contributed by atoms with van der Waals surface area (Å²) in [6.45, 7) is 2.53. The van der Waals surface area contributed by atoms with Crippen LogP contribution in [0.15, 0.2) is 75.9 Å². The van der Waals surface area contributed by atoms with Crippen LogP contribution in [0, 0.1) is 6.92 Å². The second-order valence-electron chi connectivity index (χ2n) is 5.95. The van der Waals surface area contributed by atoms with E-state index in [0.29, 0.717) is 6.54 Å². The molecule has 0 bridgehead atoms. The zero-order valence-corrected chi connectivity index (χ0v) is 17.3. The second-order valence-corrected chi connectivity index (χ2v) is 7.95. The van der Waals surface area contributed by atoms with Crippen LogP contribution >= 0.6 is 23.5 Å². The van der Waals surface area contributed by atoms with Gasteiger partial charge in [-0.2, -0.15) is 0 Å². The number of thioether (sulfide) groups is 1. The van der Waals surface area contributed by atoms with Gasteiger partial charge in [0.2, 0.25) is 5.91 Å². The Balaban J connectivity index is 1.57. The zero-order chi connectivity index (χ0) is 19.8. The van der Waals surface area contributed by atoms with Gasteiger partial charge in [0, 0.05) is 23.8 Å². The molecule has 0 aliphatic heterocycles. The molecule has 28 heavy (non-hydrogen) atoms. The summed E-state index contributed by atoms with van der Waals surface area (Å²) in [5, 5.41) is 4.49. The van der Waals surface area contributed by atoms with Crippen LogP contribution in [0.3, 0.4) is 0 Å². The number of amides is 1. The topological polar surface area (TPSA) is 64.1 Å². The van der Waals surface area contributed by atoms with Crippen molar-refractivity contribution in [3.8, 4) is 5.75 Å². The third-order valence-corrected chi connectivity index (χ3v) is 6.18. The summed E-state index contributed by atoms with van der Waals surface area (Å²) in [5.41, 5.74) is 2.18. The first kappa shape index (κ1) is 20.2. The Labute approximate surface area is 173 Å². The molecule has 1 aromatic heterocycles. The summed E-state index contributed by atoms with van der Waals surface area (Å²) in [6.07, 6.45) is 3.33. The third-order valence-electron chi connectivity index (χ3n) is 3.90. The number of rotatable bonds is 8. The number of methoxy groups -OCH3 is 1. The van der Waals surface area contributed by atoms with Gasteiger partial charge in [-0.15, -0.1) is 0 Å². The van der Waals surface area contributed by atoms with Crippen LogP contribution in [0.25, 0.3) is 0 Å². The Hall–Kier alpha value is -2.51. The molecule has 0 spiro atoms. The second kappa shape index (κ2) is 10.1. The Morgan fingerprint density at radius 2 is 1.86 bits per heavy atom. The summed E-state index contributed by atoms with van der Waals surface area (Å²) >= 11 is 2.96. The summed E-state index contributed by atoms with van der Waals surface area (Å²) in [7, 11) is 1.63. The fourth-order valence-corrected chi connectivity index (χ4v) is 4.25. The lowest BCUT2D eigenvalue weighted by atomic mass is 10.2. The lowest BCUT2D eigenvalue weighted by molar-refractivity contribution is -0.118. The van der Waals surface area contributed by atoms with Crippen molar-refractivity contribution in [1.29, 1.82) is 0 Å². The highest BCUT2D eigenvalue weighted by atomic mass is 32.2. The number of nitrogens with zero attached hydrogens (tertiary/aromatic N) is 2. The van der Waals surface area contributed by atoms with E-state index >= 15 is 0 Å². The van der Waals surface area contributed by atoms with E-state index in [9.17, 15) is 4.79 Å². The minimum Gasteiger partial charge on any atom is -0.497 e. The summed E-state index contributed by atoms with van der Waals surface area (Å²) < 4.78 is 5.20. The molecule has 2 aromatic carbocycles. The van der Waals surface area contributed by atoms with Gasteiger partial charge in [0.1, 0.15) is 15.8 Å². The van der Waals surface area contributed by atoms with Gasteiger partial charge < -0.3 is 10.1 Å². The van der Waals surface area contributed by atoms with E-state index in [1.54, 1.807) is 31.3 Å². The van der Waals surface area contributed by atoms with Crippen molar-refractivity contribution in [2.45, 2.75) is 28.4 Å². The van der Waals surface area contributed by atoms with Crippen LogP contribution < -0.4 is 10.1 Å². The number of hydrogen-bond donors (Lipinski definition) is 1. The van der Waals surface area contributed by atoms with E-state index in [4.69, 9.17) is 4.74 Å². The predicted octanol–water partition coefficient (Wildman–Crippen LogP) is 4.35. The van der Waals surface area contributed by atoms with E-state index in [1.807, 2.05) is 36.4 Å². The molecule has 0 saturated carbocycles. The summed E-state index contributed by atoms with van der Waals surface area (Å²) in [4.78, 5) is 22.2. The lowest BCUT2D eigenvalue weighted by Crippen LogP contribution is -2.24. The van der Waals surface area contributed by atoms with Crippen LogP contribution in [0.1, 0.15) is 11.1 Å². The van der Waals surface area contributed by atoms with Crippen molar-refractivity contribution in [2.75, 3.05) is 12.9 Å². The molecule has 3 rings (SSSR count). The average Bonchev–Trinajstić information content (AvgIpc) is 2.73. The molecule has 0 aliphatic rings. The van der Waals surface area contributed by atoms with Gasteiger partial charge in [-0.05, 0) is 36.2 Å². The third kappa shape index (κ3) is 5.74. The van der Waals surface area contributed by atoms with Crippen molar-refractivity contribution in [1.82, 2.24) is 15.3 Å². The first-order valence-electron chi connectivity index (χ1n) is 8.72. The van der Waals surface area contributed by atoms with Gasteiger partial charge in [-0.3, -0.25) is 4.79 Å². The fourth-order valence-electron chi connectivity index (χ4n) is 2.42. The first-order chi connectivity index (χ1) is 13.7. The number of carbonyl (C=O) groups is 1. The number of benzene rings is 2. The van der Waals surface area contributed by atoms with Crippen LogP contribution in [-0.4, -0.2) is 28.7 Å². The van der Waals surface area contributed by atoms with E-state index in [1.165, 1.54) is 17.3 Å². The average molecular weight is 412 g/mol. The molecule has 0 aliphatic carbocycles. The maximum absolute atomic E-state index is 12.2. The number of ether oxygens (including phenoxy) is 1. The largest absolute Gasteiger partial charge is 0.497 e. The van der Waals surface area contributed by atoms with Gasteiger partial charge in [0.15, 0.2) is 0 Å². The molecule has 0 fully saturated rings. The van der Waals surface area contributed by atoms with Gasteiger partial charge >= 0.3 is 0 Å². The molecule has 0 saturated heterocycles. The van der Waals surface area contributed by atoms with Gasteiger partial charge in [-0.1, -0.05) is 53.9 Å². The molecular formula is C21H21N3O2S2. The van der Waals surface area contributed by atoms with Crippen molar-refractivity contribution < 1.29 is 9.53 Å². The minimum absolute atomic E-state index is 0.0506. The Bertz CT molecular complexity index is 950. The fraction of sp³-hybridized carbons (Fsp3) is 0.190. The molecule has 3 aromatic rings. The Morgan fingerprint density at radius 1 is 1.07 bits per heavy atom. The number of aryl methyl sites for hydroxylation is 1. The van der Waals surface area contributed by atoms with Crippen LogP contribution in [0.4, 0.5) is 0 Å². The van der Waals surface area contributed by atoms with Gasteiger partial charge in [-0.25, -0.2) is 9.97 Å². The molecule has 5 nitrogen and oxygen atoms in total. The highest BCUT2D eigenvalue weighted by molar-refractivity contribution is 8.02. The van der Waals surface area contributed by atoms with Crippen LogP contribution in [-0.2, 0) is 11.3 Å². The van der Waals surface area contributed by atoms with E-state index in [0.717, 1.165) is 26.3 Å². The molecule has 1 N–H and O–H groups in total.